The number of carbonyl (C=O) groups is 1. The summed E-state index contributed by atoms with van der Waals surface area (Å²) >= 11 is 3.39. The van der Waals surface area contributed by atoms with E-state index in [0.29, 0.717) is 11.5 Å². The van der Waals surface area contributed by atoms with Gasteiger partial charge in [-0.2, -0.15) is 5.10 Å². The zero-order chi connectivity index (χ0) is 19.6. The van der Waals surface area contributed by atoms with Gasteiger partial charge in [0.15, 0.2) is 0 Å². The Kier molecular flexibility index (Phi) is 5.17. The van der Waals surface area contributed by atoms with Gasteiger partial charge >= 0.3 is 0 Å². The second-order valence-electron chi connectivity index (χ2n) is 5.72. The van der Waals surface area contributed by atoms with E-state index in [-0.39, 0.29) is 12.2 Å². The Hall–Kier alpha value is -3.27. The number of hydrogen-bond acceptors (Lipinski definition) is 5. The molecule has 0 unspecified atom stereocenters. The number of benzene rings is 1. The van der Waals surface area contributed by atoms with Crippen LogP contribution in [0.1, 0.15) is 5.69 Å². The van der Waals surface area contributed by atoms with Gasteiger partial charge in [-0.25, -0.2) is 4.68 Å². The van der Waals surface area contributed by atoms with E-state index < -0.39 is 16.4 Å². The van der Waals surface area contributed by atoms with Crippen LogP contribution in [0.25, 0.3) is 5.69 Å². The molecule has 9 nitrogen and oxygen atoms in total. The zero-order valence-corrected chi connectivity index (χ0v) is 15.7. The van der Waals surface area contributed by atoms with Gasteiger partial charge in [0, 0.05) is 22.7 Å². The topological polar surface area (TPSA) is 112 Å². The first kappa shape index (κ1) is 18.5. The Bertz CT molecular complexity index is 1090. The molecule has 0 saturated carbocycles. The molecule has 0 aliphatic rings. The van der Waals surface area contributed by atoms with Gasteiger partial charge in [-0.05, 0) is 25.1 Å². The molecular formula is C17H14BrN5O4. The summed E-state index contributed by atoms with van der Waals surface area (Å²) in [5.41, 5.74) is 0.655. The molecule has 0 atom stereocenters. The number of carbonyl (C=O) groups excluding carboxylic acids is 1. The van der Waals surface area contributed by atoms with Crippen molar-refractivity contribution in [2.75, 3.05) is 5.32 Å². The maximum absolute atomic E-state index is 12.4. The predicted molar refractivity (Wildman–Crippen MR) is 102 cm³/mol. The van der Waals surface area contributed by atoms with Crippen molar-refractivity contribution in [2.24, 2.45) is 0 Å². The fourth-order valence-electron chi connectivity index (χ4n) is 2.48. The summed E-state index contributed by atoms with van der Waals surface area (Å²) in [7, 11) is 0. The average Bonchev–Trinajstić information content (AvgIpc) is 2.96. The summed E-state index contributed by atoms with van der Waals surface area (Å²) in [5, 5.41) is 17.9. The number of nitrogens with zero attached hydrogens (tertiary/aromatic N) is 4. The van der Waals surface area contributed by atoms with E-state index in [4.69, 9.17) is 0 Å². The highest BCUT2D eigenvalue weighted by atomic mass is 79.9. The number of nitro groups is 1. The summed E-state index contributed by atoms with van der Waals surface area (Å²) in [6, 6.07) is 11.2. The van der Waals surface area contributed by atoms with Crippen LogP contribution in [0.2, 0.25) is 0 Å². The first-order valence-corrected chi connectivity index (χ1v) is 8.60. The van der Waals surface area contributed by atoms with Crippen molar-refractivity contribution in [3.63, 3.8) is 0 Å². The van der Waals surface area contributed by atoms with Crippen LogP contribution in [0, 0.1) is 17.0 Å². The molecule has 3 rings (SSSR count). The molecule has 138 valence electrons. The first-order chi connectivity index (χ1) is 12.8. The summed E-state index contributed by atoms with van der Waals surface area (Å²) in [6.45, 7) is 1.43. The van der Waals surface area contributed by atoms with Crippen LogP contribution >= 0.6 is 15.9 Å². The second kappa shape index (κ2) is 7.54. The van der Waals surface area contributed by atoms with Gasteiger partial charge in [-0.1, -0.05) is 22.0 Å². The summed E-state index contributed by atoms with van der Waals surface area (Å²) in [5.74, 6) is -0.0807. The number of amides is 1. The van der Waals surface area contributed by atoms with Crippen molar-refractivity contribution in [2.45, 2.75) is 13.5 Å². The maximum atomic E-state index is 12.4. The molecule has 0 saturated heterocycles. The molecule has 0 fully saturated rings. The summed E-state index contributed by atoms with van der Waals surface area (Å²) in [4.78, 5) is 34.5. The number of anilines is 1. The Morgan fingerprint density at radius 2 is 2.07 bits per heavy atom. The lowest BCUT2D eigenvalue weighted by Crippen LogP contribution is -2.27. The minimum Gasteiger partial charge on any atom is -0.309 e. The molecule has 3 aromatic rings. The van der Waals surface area contributed by atoms with Crippen LogP contribution in [-0.4, -0.2) is 25.2 Å². The number of aromatic nitrogens is 3. The first-order valence-electron chi connectivity index (χ1n) is 7.81. The lowest BCUT2D eigenvalue weighted by Gasteiger charge is -2.10. The summed E-state index contributed by atoms with van der Waals surface area (Å²) < 4.78 is 3.41. The highest BCUT2D eigenvalue weighted by Crippen LogP contribution is 2.20. The monoisotopic (exact) mass is 431 g/mol. The van der Waals surface area contributed by atoms with Crippen molar-refractivity contribution in [3.05, 3.63) is 79.3 Å². The minimum atomic E-state index is -0.625. The van der Waals surface area contributed by atoms with E-state index >= 15 is 0 Å². The molecule has 0 aliphatic heterocycles. The van der Waals surface area contributed by atoms with E-state index in [0.717, 1.165) is 33.1 Å². The zero-order valence-electron chi connectivity index (χ0n) is 14.1. The van der Waals surface area contributed by atoms with Crippen molar-refractivity contribution in [1.82, 2.24) is 14.3 Å². The second-order valence-corrected chi connectivity index (χ2v) is 6.64. The Morgan fingerprint density at radius 1 is 1.30 bits per heavy atom. The molecule has 1 N–H and O–H groups in total. The smallest absolute Gasteiger partial charge is 0.285 e. The molecule has 0 aliphatic carbocycles. The van der Waals surface area contributed by atoms with Crippen molar-refractivity contribution < 1.29 is 9.72 Å². The number of aryl methyl sites for hydroxylation is 1. The van der Waals surface area contributed by atoms with Crippen LogP contribution in [0.15, 0.2) is 57.9 Å². The molecule has 0 bridgehead atoms. The van der Waals surface area contributed by atoms with E-state index in [2.05, 4.69) is 26.3 Å². The van der Waals surface area contributed by atoms with Gasteiger partial charge in [0.05, 0.1) is 22.5 Å². The van der Waals surface area contributed by atoms with Crippen molar-refractivity contribution >= 4 is 33.3 Å². The normalized spacial score (nSPS) is 10.6. The van der Waals surface area contributed by atoms with E-state index in [1.807, 2.05) is 24.3 Å². The van der Waals surface area contributed by atoms with Crippen LogP contribution in [-0.2, 0) is 11.3 Å². The molecule has 1 aromatic carbocycles. The van der Waals surface area contributed by atoms with Crippen LogP contribution in [0.4, 0.5) is 11.5 Å². The number of halogens is 1. The van der Waals surface area contributed by atoms with Gasteiger partial charge < -0.3 is 5.32 Å². The van der Waals surface area contributed by atoms with Crippen LogP contribution in [0.3, 0.4) is 0 Å². The highest BCUT2D eigenvalue weighted by Gasteiger charge is 2.14. The average molecular weight is 432 g/mol. The van der Waals surface area contributed by atoms with Gasteiger partial charge in [0.2, 0.25) is 5.91 Å². The highest BCUT2D eigenvalue weighted by molar-refractivity contribution is 9.10. The van der Waals surface area contributed by atoms with Gasteiger partial charge in [-0.15, -0.1) is 0 Å². The molecule has 2 aromatic heterocycles. The largest absolute Gasteiger partial charge is 0.309 e. The van der Waals surface area contributed by atoms with Gasteiger partial charge in [-0.3, -0.25) is 24.3 Å². The number of hydrogen-bond donors (Lipinski definition) is 1. The quantitative estimate of drug-likeness (QED) is 0.492. The Balaban J connectivity index is 1.85. The lowest BCUT2D eigenvalue weighted by atomic mass is 10.3. The fraction of sp³-hybridized carbons (Fsp3) is 0.118. The number of rotatable bonds is 5. The third-order valence-corrected chi connectivity index (χ3v) is 4.14. The predicted octanol–water partition coefficient (Wildman–Crippen LogP) is 2.65. The Labute approximate surface area is 161 Å². The van der Waals surface area contributed by atoms with Crippen LogP contribution in [0.5, 0.6) is 0 Å². The van der Waals surface area contributed by atoms with Crippen molar-refractivity contribution in [3.8, 4) is 5.69 Å². The van der Waals surface area contributed by atoms with E-state index in [1.165, 1.54) is 0 Å². The molecule has 2 heterocycles. The SMILES string of the molecule is Cc1cc(NC(=O)Cn2cc([N+](=O)[O-])ccc2=O)n(-c2cccc(Br)c2)n1. The van der Waals surface area contributed by atoms with Crippen molar-refractivity contribution in [1.29, 1.82) is 0 Å². The lowest BCUT2D eigenvalue weighted by molar-refractivity contribution is -0.385. The summed E-state index contributed by atoms with van der Waals surface area (Å²) in [6.07, 6.45) is 1.04. The third kappa shape index (κ3) is 4.29. The van der Waals surface area contributed by atoms with Gasteiger partial charge in [0.1, 0.15) is 12.4 Å². The van der Waals surface area contributed by atoms with E-state index in [9.17, 15) is 19.7 Å². The fourth-order valence-corrected chi connectivity index (χ4v) is 2.87. The standard InChI is InChI=1S/C17H14BrN5O4/c1-11-7-15(22(20-11)13-4-2-3-12(18)8-13)19-16(24)10-21-9-14(23(26)27)5-6-17(21)25/h2-9H,10H2,1H3,(H,19,24). The Morgan fingerprint density at radius 3 is 2.78 bits per heavy atom. The molecule has 10 heteroatoms. The molecular weight excluding hydrogens is 418 g/mol. The maximum Gasteiger partial charge on any atom is 0.285 e. The third-order valence-electron chi connectivity index (χ3n) is 3.64. The molecule has 0 spiro atoms. The number of nitrogens with one attached hydrogen (secondary N) is 1. The number of pyridine rings is 1. The van der Waals surface area contributed by atoms with E-state index in [1.54, 1.807) is 17.7 Å². The minimum absolute atomic E-state index is 0.266. The van der Waals surface area contributed by atoms with Crippen LogP contribution < -0.4 is 10.9 Å². The molecule has 0 radical (unpaired) electrons. The molecule has 27 heavy (non-hydrogen) atoms. The van der Waals surface area contributed by atoms with Gasteiger partial charge in [0.25, 0.3) is 11.2 Å². The molecule has 1 amide bonds.